The number of nitrogens with zero attached hydrogens (tertiary/aromatic N) is 2. The molecule has 0 radical (unpaired) electrons. The average molecular weight is 373 g/mol. The number of carbonyl (C=O) groups is 1. The fraction of sp³-hybridized carbons (Fsp3) is 0.696. The zero-order valence-electron chi connectivity index (χ0n) is 17.3. The van der Waals surface area contributed by atoms with E-state index in [9.17, 15) is 4.79 Å². The van der Waals surface area contributed by atoms with Crippen molar-refractivity contribution >= 4 is 5.97 Å². The molecule has 1 atom stereocenters. The molecule has 27 heavy (non-hydrogen) atoms. The second kappa shape index (κ2) is 9.20. The van der Waals surface area contributed by atoms with Crippen LogP contribution in [0.25, 0.3) is 0 Å². The molecule has 150 valence electrons. The monoisotopic (exact) mass is 372 g/mol. The summed E-state index contributed by atoms with van der Waals surface area (Å²) in [5, 5.41) is 0. The lowest BCUT2D eigenvalue weighted by Gasteiger charge is -2.47. The van der Waals surface area contributed by atoms with Crippen molar-refractivity contribution in [3.63, 3.8) is 0 Å². The summed E-state index contributed by atoms with van der Waals surface area (Å²) in [5.41, 5.74) is 0.840. The van der Waals surface area contributed by atoms with E-state index in [4.69, 9.17) is 4.74 Å². The maximum Gasteiger partial charge on any atom is 0.313 e. The van der Waals surface area contributed by atoms with Crippen LogP contribution >= 0.6 is 0 Å². The Labute approximate surface area is 164 Å². The molecule has 2 aliphatic rings. The predicted molar refractivity (Wildman–Crippen MR) is 110 cm³/mol. The van der Waals surface area contributed by atoms with Gasteiger partial charge in [-0.25, -0.2) is 0 Å². The van der Waals surface area contributed by atoms with Crippen molar-refractivity contribution in [2.75, 3.05) is 32.8 Å². The highest BCUT2D eigenvalue weighted by Gasteiger charge is 2.45. The third-order valence-corrected chi connectivity index (χ3v) is 6.45. The summed E-state index contributed by atoms with van der Waals surface area (Å²) in [7, 11) is 0. The minimum Gasteiger partial charge on any atom is -0.466 e. The van der Waals surface area contributed by atoms with Gasteiger partial charge in [-0.1, -0.05) is 30.3 Å². The smallest absolute Gasteiger partial charge is 0.313 e. The van der Waals surface area contributed by atoms with Gasteiger partial charge in [0.15, 0.2) is 0 Å². The largest absolute Gasteiger partial charge is 0.466 e. The summed E-state index contributed by atoms with van der Waals surface area (Å²) < 4.78 is 5.57. The van der Waals surface area contributed by atoms with Crippen LogP contribution < -0.4 is 0 Å². The number of likely N-dealkylation sites (tertiary alicyclic amines) is 2. The lowest BCUT2D eigenvalue weighted by molar-refractivity contribution is -0.160. The lowest BCUT2D eigenvalue weighted by atomic mass is 9.74. The van der Waals surface area contributed by atoms with E-state index in [0.717, 1.165) is 32.4 Å². The molecule has 0 aromatic heterocycles. The van der Waals surface area contributed by atoms with Gasteiger partial charge < -0.3 is 9.64 Å². The normalized spacial score (nSPS) is 25.6. The van der Waals surface area contributed by atoms with Gasteiger partial charge in [0.2, 0.25) is 0 Å². The Kier molecular flexibility index (Phi) is 6.93. The molecule has 2 aliphatic heterocycles. The molecule has 4 nitrogen and oxygen atoms in total. The molecule has 3 rings (SSSR count). The predicted octanol–water partition coefficient (Wildman–Crippen LogP) is 3.75. The molecule has 0 N–H and O–H groups in total. The summed E-state index contributed by atoms with van der Waals surface area (Å²) in [6.07, 6.45) is 5.22. The molecule has 1 unspecified atom stereocenters. The molecule has 0 saturated carbocycles. The van der Waals surface area contributed by atoms with Gasteiger partial charge in [0, 0.05) is 18.6 Å². The van der Waals surface area contributed by atoms with Crippen molar-refractivity contribution in [1.29, 1.82) is 0 Å². The first kappa shape index (κ1) is 20.3. The highest BCUT2D eigenvalue weighted by Crippen LogP contribution is 2.37. The van der Waals surface area contributed by atoms with Gasteiger partial charge in [-0.2, -0.15) is 0 Å². The summed E-state index contributed by atoms with van der Waals surface area (Å²) >= 11 is 0. The third kappa shape index (κ3) is 4.91. The zero-order valence-corrected chi connectivity index (χ0v) is 17.3. The molecular formula is C23H36N2O2. The van der Waals surface area contributed by atoms with Crippen LogP contribution in [0.4, 0.5) is 0 Å². The first-order chi connectivity index (χ1) is 13.0. The van der Waals surface area contributed by atoms with Gasteiger partial charge in [0.05, 0.1) is 12.0 Å². The molecular weight excluding hydrogens is 336 g/mol. The molecule has 0 aliphatic carbocycles. The average Bonchev–Trinajstić information content (AvgIpc) is 2.69. The van der Waals surface area contributed by atoms with Gasteiger partial charge in [-0.3, -0.25) is 9.69 Å². The lowest BCUT2D eigenvalue weighted by Crippen LogP contribution is -2.55. The molecule has 2 heterocycles. The van der Waals surface area contributed by atoms with E-state index in [1.807, 2.05) is 13.0 Å². The standard InChI is InChI=1S/C23H36N2O2/c1-4-27-22(26)23(17-20-9-6-5-7-10-20)13-8-14-25(18-23)21-11-15-24(16-12-21)19(2)3/h5-7,9-10,19,21H,4,8,11-18H2,1-3H3. The zero-order chi connectivity index (χ0) is 19.3. The molecule has 0 spiro atoms. The Morgan fingerprint density at radius 2 is 1.89 bits per heavy atom. The van der Waals surface area contributed by atoms with Crippen LogP contribution in [0.1, 0.15) is 52.0 Å². The molecule has 2 fully saturated rings. The highest BCUT2D eigenvalue weighted by molar-refractivity contribution is 5.77. The fourth-order valence-corrected chi connectivity index (χ4v) is 4.90. The Morgan fingerprint density at radius 3 is 2.52 bits per heavy atom. The van der Waals surface area contributed by atoms with Crippen molar-refractivity contribution in [2.24, 2.45) is 5.41 Å². The summed E-state index contributed by atoms with van der Waals surface area (Å²) in [6.45, 7) is 11.2. The van der Waals surface area contributed by atoms with Crippen molar-refractivity contribution < 1.29 is 9.53 Å². The van der Waals surface area contributed by atoms with Gasteiger partial charge >= 0.3 is 5.97 Å². The summed E-state index contributed by atoms with van der Waals surface area (Å²) in [4.78, 5) is 18.2. The Hall–Kier alpha value is -1.39. The minimum atomic E-state index is -0.398. The highest BCUT2D eigenvalue weighted by atomic mass is 16.5. The van der Waals surface area contributed by atoms with Crippen molar-refractivity contribution in [2.45, 2.75) is 65.0 Å². The van der Waals surface area contributed by atoms with Crippen LogP contribution in [0.5, 0.6) is 0 Å². The SMILES string of the molecule is CCOC(=O)C1(Cc2ccccc2)CCCN(C2CCN(C(C)C)CC2)C1. The molecule has 1 aromatic rings. The van der Waals surface area contributed by atoms with Crippen LogP contribution in [-0.2, 0) is 16.0 Å². The first-order valence-electron chi connectivity index (χ1n) is 10.7. The van der Waals surface area contributed by atoms with Crippen molar-refractivity contribution in [1.82, 2.24) is 9.80 Å². The van der Waals surface area contributed by atoms with Crippen LogP contribution in [0.3, 0.4) is 0 Å². The minimum absolute atomic E-state index is 0.00169. The van der Waals surface area contributed by atoms with Gasteiger partial charge in [0.25, 0.3) is 0 Å². The van der Waals surface area contributed by atoms with Gasteiger partial charge in [-0.05, 0) is 78.1 Å². The number of hydrogen-bond donors (Lipinski definition) is 0. The fourth-order valence-electron chi connectivity index (χ4n) is 4.90. The van der Waals surface area contributed by atoms with Gasteiger partial charge in [0.1, 0.15) is 0 Å². The Balaban J connectivity index is 1.73. The topological polar surface area (TPSA) is 32.8 Å². The number of carbonyl (C=O) groups excluding carboxylic acids is 1. The quantitative estimate of drug-likeness (QED) is 0.712. The van der Waals surface area contributed by atoms with E-state index < -0.39 is 5.41 Å². The van der Waals surface area contributed by atoms with Gasteiger partial charge in [-0.15, -0.1) is 0 Å². The van der Waals surface area contributed by atoms with E-state index >= 15 is 0 Å². The molecule has 2 saturated heterocycles. The van der Waals surface area contributed by atoms with E-state index in [1.54, 1.807) is 0 Å². The third-order valence-electron chi connectivity index (χ3n) is 6.45. The van der Waals surface area contributed by atoms with Crippen LogP contribution in [0, 0.1) is 5.41 Å². The maximum atomic E-state index is 13.0. The number of benzene rings is 1. The Morgan fingerprint density at radius 1 is 1.19 bits per heavy atom. The number of piperidine rings is 2. The second-order valence-corrected chi connectivity index (χ2v) is 8.60. The van der Waals surface area contributed by atoms with Crippen molar-refractivity contribution in [3.05, 3.63) is 35.9 Å². The van der Waals surface area contributed by atoms with E-state index in [1.165, 1.54) is 31.5 Å². The Bertz CT molecular complexity index is 596. The maximum absolute atomic E-state index is 13.0. The van der Waals surface area contributed by atoms with Crippen LogP contribution in [-0.4, -0.2) is 60.6 Å². The van der Waals surface area contributed by atoms with E-state index in [0.29, 0.717) is 18.7 Å². The molecule has 0 bridgehead atoms. The number of esters is 1. The van der Waals surface area contributed by atoms with Crippen LogP contribution in [0.2, 0.25) is 0 Å². The summed E-state index contributed by atoms with van der Waals surface area (Å²) in [6, 6.07) is 11.7. The molecule has 4 heteroatoms. The second-order valence-electron chi connectivity index (χ2n) is 8.60. The van der Waals surface area contributed by atoms with E-state index in [2.05, 4.69) is 47.9 Å². The number of rotatable bonds is 6. The van der Waals surface area contributed by atoms with E-state index in [-0.39, 0.29) is 5.97 Å². The molecule has 1 aromatic carbocycles. The number of ether oxygens (including phenoxy) is 1. The summed E-state index contributed by atoms with van der Waals surface area (Å²) in [5.74, 6) is -0.00169. The van der Waals surface area contributed by atoms with Crippen molar-refractivity contribution in [3.8, 4) is 0 Å². The van der Waals surface area contributed by atoms with Crippen LogP contribution in [0.15, 0.2) is 30.3 Å². The molecule has 0 amide bonds. The number of hydrogen-bond acceptors (Lipinski definition) is 4. The first-order valence-corrected chi connectivity index (χ1v) is 10.7.